The number of hydrogen-bond donors (Lipinski definition) is 1. The quantitative estimate of drug-likeness (QED) is 0.397. The van der Waals surface area contributed by atoms with Crippen LogP contribution in [0.4, 0.5) is 10.6 Å². The van der Waals surface area contributed by atoms with Gasteiger partial charge in [-0.25, -0.2) is 19.4 Å². The third-order valence-electron chi connectivity index (χ3n) is 3.85. The standard InChI is InChI=1S/C19H24N4O6/c1-4-28-17(24)16(18(25)29-5-2)23(27-3)19(26)22-12-14(20)21-15(22)11-13-9-7-6-8-10-13/h6-10,12,16H,4-5,11,20H2,1-3H3. The largest absolute Gasteiger partial charge is 0.464 e. The van der Waals surface area contributed by atoms with Gasteiger partial charge in [-0.05, 0) is 19.4 Å². The van der Waals surface area contributed by atoms with Crippen molar-refractivity contribution in [1.29, 1.82) is 0 Å². The van der Waals surface area contributed by atoms with Gasteiger partial charge in [-0.15, -0.1) is 0 Å². The molecule has 10 nitrogen and oxygen atoms in total. The fraction of sp³-hybridized carbons (Fsp3) is 0.368. The fourth-order valence-electron chi connectivity index (χ4n) is 2.64. The summed E-state index contributed by atoms with van der Waals surface area (Å²) in [5.74, 6) is -1.53. The summed E-state index contributed by atoms with van der Waals surface area (Å²) in [6, 6.07) is 6.74. The zero-order chi connectivity index (χ0) is 21.4. The van der Waals surface area contributed by atoms with E-state index in [4.69, 9.17) is 20.0 Å². The Morgan fingerprint density at radius 1 is 1.10 bits per heavy atom. The Hall–Kier alpha value is -3.40. The second-order valence-electron chi connectivity index (χ2n) is 5.81. The van der Waals surface area contributed by atoms with Crippen LogP contribution in [0.15, 0.2) is 36.5 Å². The summed E-state index contributed by atoms with van der Waals surface area (Å²) in [5, 5.41) is 0.589. The Morgan fingerprint density at radius 2 is 1.69 bits per heavy atom. The highest BCUT2D eigenvalue weighted by Gasteiger charge is 2.40. The lowest BCUT2D eigenvalue weighted by atomic mass is 10.1. The molecule has 0 atom stereocenters. The third kappa shape index (κ3) is 5.32. The van der Waals surface area contributed by atoms with Crippen LogP contribution in [0.1, 0.15) is 25.2 Å². The molecule has 0 aliphatic rings. The molecule has 2 N–H and O–H groups in total. The van der Waals surface area contributed by atoms with Gasteiger partial charge in [-0.2, -0.15) is 5.06 Å². The Kier molecular flexibility index (Phi) is 7.72. The van der Waals surface area contributed by atoms with E-state index in [1.807, 2.05) is 30.3 Å². The molecule has 0 saturated carbocycles. The molecule has 1 amide bonds. The molecule has 0 saturated heterocycles. The molecule has 0 aliphatic carbocycles. The lowest BCUT2D eigenvalue weighted by Crippen LogP contribution is -2.52. The normalized spacial score (nSPS) is 10.6. The average Bonchev–Trinajstić information content (AvgIpc) is 3.06. The number of carbonyl (C=O) groups excluding carboxylic acids is 3. The van der Waals surface area contributed by atoms with Crippen molar-refractivity contribution in [2.45, 2.75) is 26.3 Å². The summed E-state index contributed by atoms with van der Waals surface area (Å²) in [5.41, 5.74) is 6.67. The summed E-state index contributed by atoms with van der Waals surface area (Å²) in [4.78, 5) is 47.0. The topological polar surface area (TPSA) is 126 Å². The maximum absolute atomic E-state index is 13.1. The van der Waals surface area contributed by atoms with Gasteiger partial charge >= 0.3 is 18.0 Å². The van der Waals surface area contributed by atoms with Gasteiger partial charge in [-0.3, -0.25) is 9.40 Å². The predicted octanol–water partition coefficient (Wildman–Crippen LogP) is 1.38. The SMILES string of the molecule is CCOC(=O)C(C(=O)OCC)N(OC)C(=O)n1cc(N)nc1Cc1ccccc1. The van der Waals surface area contributed by atoms with Crippen molar-refractivity contribution in [1.82, 2.24) is 14.6 Å². The number of carbonyl (C=O) groups is 3. The zero-order valence-electron chi connectivity index (χ0n) is 16.5. The minimum atomic E-state index is -1.74. The maximum atomic E-state index is 13.1. The molecule has 0 unspecified atom stereocenters. The van der Waals surface area contributed by atoms with E-state index in [2.05, 4.69) is 4.98 Å². The van der Waals surface area contributed by atoms with Gasteiger partial charge in [0, 0.05) is 6.42 Å². The van der Waals surface area contributed by atoms with Gasteiger partial charge in [0.2, 0.25) is 0 Å². The molecule has 0 spiro atoms. The highest BCUT2D eigenvalue weighted by atomic mass is 16.7. The van der Waals surface area contributed by atoms with Gasteiger partial charge in [0.1, 0.15) is 11.6 Å². The van der Waals surface area contributed by atoms with Gasteiger partial charge in [0.25, 0.3) is 6.04 Å². The van der Waals surface area contributed by atoms with Gasteiger partial charge < -0.3 is 15.2 Å². The highest BCUT2D eigenvalue weighted by Crippen LogP contribution is 2.15. The Labute approximate surface area is 168 Å². The van der Waals surface area contributed by atoms with Crippen LogP contribution in [0.3, 0.4) is 0 Å². The van der Waals surface area contributed by atoms with E-state index < -0.39 is 24.0 Å². The minimum absolute atomic E-state index is 0.0117. The molecule has 0 fully saturated rings. The van der Waals surface area contributed by atoms with Crippen molar-refractivity contribution in [3.8, 4) is 0 Å². The van der Waals surface area contributed by atoms with Crippen molar-refractivity contribution < 1.29 is 28.7 Å². The third-order valence-corrected chi connectivity index (χ3v) is 3.85. The lowest BCUT2D eigenvalue weighted by Gasteiger charge is -2.26. The summed E-state index contributed by atoms with van der Waals surface area (Å²) in [7, 11) is 1.15. The van der Waals surface area contributed by atoms with Crippen molar-refractivity contribution in [2.75, 3.05) is 26.1 Å². The molecule has 1 heterocycles. The van der Waals surface area contributed by atoms with E-state index >= 15 is 0 Å². The molecule has 1 aromatic heterocycles. The zero-order valence-corrected chi connectivity index (χ0v) is 16.5. The second kappa shape index (κ2) is 10.2. The molecule has 0 radical (unpaired) electrons. The number of nitrogen functional groups attached to an aromatic ring is 1. The molecule has 2 rings (SSSR count). The number of aromatic nitrogens is 2. The molecular weight excluding hydrogens is 380 g/mol. The number of benzene rings is 1. The van der Waals surface area contributed by atoms with E-state index in [1.165, 1.54) is 6.20 Å². The first kappa shape index (κ1) is 21.9. The van der Waals surface area contributed by atoms with E-state index in [1.54, 1.807) is 13.8 Å². The van der Waals surface area contributed by atoms with Crippen LogP contribution in [-0.2, 0) is 30.3 Å². The summed E-state index contributed by atoms with van der Waals surface area (Å²) in [6.07, 6.45) is 1.59. The van der Waals surface area contributed by atoms with E-state index in [9.17, 15) is 14.4 Å². The van der Waals surface area contributed by atoms with Crippen LogP contribution in [0.2, 0.25) is 0 Å². The number of nitrogens with zero attached hydrogens (tertiary/aromatic N) is 3. The number of hydrogen-bond acceptors (Lipinski definition) is 8. The summed E-state index contributed by atoms with van der Waals surface area (Å²) in [6.45, 7) is 3.18. The molecule has 1 aromatic carbocycles. The Morgan fingerprint density at radius 3 is 2.21 bits per heavy atom. The monoisotopic (exact) mass is 404 g/mol. The van der Waals surface area contributed by atoms with Crippen LogP contribution in [0.5, 0.6) is 0 Å². The van der Waals surface area contributed by atoms with Crippen LogP contribution in [0.25, 0.3) is 0 Å². The van der Waals surface area contributed by atoms with Crippen molar-refractivity contribution in [2.24, 2.45) is 0 Å². The number of anilines is 1. The lowest BCUT2D eigenvalue weighted by molar-refractivity contribution is -0.184. The maximum Gasteiger partial charge on any atom is 0.355 e. The van der Waals surface area contributed by atoms with Crippen molar-refractivity contribution >= 4 is 23.8 Å². The number of imidazole rings is 1. The molecule has 0 bridgehead atoms. The van der Waals surface area contributed by atoms with Crippen LogP contribution < -0.4 is 5.73 Å². The molecule has 0 aliphatic heterocycles. The molecule has 2 aromatic rings. The number of rotatable bonds is 8. The first-order valence-electron chi connectivity index (χ1n) is 9.01. The first-order chi connectivity index (χ1) is 13.9. The highest BCUT2D eigenvalue weighted by molar-refractivity contribution is 6.02. The summed E-state index contributed by atoms with van der Waals surface area (Å²) >= 11 is 0. The number of esters is 2. The van der Waals surface area contributed by atoms with Crippen LogP contribution in [-0.4, -0.2) is 58.9 Å². The van der Waals surface area contributed by atoms with E-state index in [-0.39, 0.29) is 19.0 Å². The predicted molar refractivity (Wildman–Crippen MR) is 103 cm³/mol. The van der Waals surface area contributed by atoms with E-state index in [0.717, 1.165) is 17.2 Å². The average molecular weight is 404 g/mol. The van der Waals surface area contributed by atoms with Gasteiger partial charge in [0.15, 0.2) is 0 Å². The minimum Gasteiger partial charge on any atom is -0.464 e. The number of ether oxygens (including phenoxy) is 2. The fourth-order valence-corrected chi connectivity index (χ4v) is 2.64. The molecule has 10 heteroatoms. The van der Waals surface area contributed by atoms with Crippen LogP contribution in [0, 0.1) is 0 Å². The van der Waals surface area contributed by atoms with Gasteiger partial charge in [0.05, 0.1) is 26.5 Å². The smallest absolute Gasteiger partial charge is 0.355 e. The molecule has 29 heavy (non-hydrogen) atoms. The van der Waals surface area contributed by atoms with E-state index in [0.29, 0.717) is 17.3 Å². The second-order valence-corrected chi connectivity index (χ2v) is 5.81. The van der Waals surface area contributed by atoms with Gasteiger partial charge in [-0.1, -0.05) is 30.3 Å². The Bertz CT molecular complexity index is 834. The van der Waals surface area contributed by atoms with Crippen molar-refractivity contribution in [3.05, 3.63) is 47.9 Å². The number of amides is 1. The Balaban J connectivity index is 2.38. The first-order valence-corrected chi connectivity index (χ1v) is 9.01. The van der Waals surface area contributed by atoms with Crippen LogP contribution >= 0.6 is 0 Å². The molecule has 156 valence electrons. The summed E-state index contributed by atoms with van der Waals surface area (Å²) < 4.78 is 10.9. The van der Waals surface area contributed by atoms with Crippen molar-refractivity contribution in [3.63, 3.8) is 0 Å². The molecular formula is C19H24N4O6. The number of hydroxylamine groups is 2. The number of nitrogens with two attached hydrogens (primary N) is 1.